The van der Waals surface area contributed by atoms with Crippen molar-refractivity contribution < 1.29 is 14.3 Å². The molecule has 0 atom stereocenters. The Balaban J connectivity index is 1.82. The van der Waals surface area contributed by atoms with E-state index in [9.17, 15) is 9.18 Å². The zero-order valence-corrected chi connectivity index (χ0v) is 11.8. The topological polar surface area (TPSA) is 49.3 Å². The Labute approximate surface area is 124 Å². The number of hydrogen-bond acceptors (Lipinski definition) is 3. The highest BCUT2D eigenvalue weighted by molar-refractivity contribution is 7.20. The van der Waals surface area contributed by atoms with Gasteiger partial charge in [-0.05, 0) is 47.3 Å². The van der Waals surface area contributed by atoms with E-state index in [1.54, 1.807) is 36.4 Å². The molecule has 2 N–H and O–H groups in total. The predicted molar refractivity (Wildman–Crippen MR) is 82.1 cm³/mol. The number of amides is 1. The highest BCUT2D eigenvalue weighted by atomic mass is 32.1. The predicted octanol–water partition coefficient (Wildman–Crippen LogP) is 3.79. The number of nitrogens with one attached hydrogen (secondary N) is 1. The molecule has 5 heteroatoms. The van der Waals surface area contributed by atoms with Crippen LogP contribution < -0.4 is 5.32 Å². The number of aliphatic hydroxyl groups is 1. The molecule has 0 saturated carbocycles. The largest absolute Gasteiger partial charge is 0.392 e. The fourth-order valence-electron chi connectivity index (χ4n) is 2.01. The molecule has 1 amide bonds. The lowest BCUT2D eigenvalue weighted by Crippen LogP contribution is -2.09. The number of fused-ring (bicyclic) bond motifs is 1. The van der Waals surface area contributed by atoms with E-state index < -0.39 is 0 Å². The van der Waals surface area contributed by atoms with Crippen LogP contribution in [0.4, 0.5) is 10.1 Å². The van der Waals surface area contributed by atoms with Gasteiger partial charge in [0.05, 0.1) is 11.5 Å². The lowest BCUT2D eigenvalue weighted by molar-refractivity contribution is 0.103. The van der Waals surface area contributed by atoms with Crippen LogP contribution in [0.15, 0.2) is 48.5 Å². The summed E-state index contributed by atoms with van der Waals surface area (Å²) >= 11 is 1.32. The maximum absolute atomic E-state index is 13.1. The van der Waals surface area contributed by atoms with Gasteiger partial charge >= 0.3 is 0 Å². The van der Waals surface area contributed by atoms with E-state index in [4.69, 9.17) is 5.11 Å². The quantitative estimate of drug-likeness (QED) is 0.773. The Morgan fingerprint density at radius 2 is 1.90 bits per heavy atom. The van der Waals surface area contributed by atoms with Gasteiger partial charge < -0.3 is 10.4 Å². The monoisotopic (exact) mass is 301 g/mol. The van der Waals surface area contributed by atoms with Crippen LogP contribution in [0.25, 0.3) is 10.1 Å². The van der Waals surface area contributed by atoms with Crippen molar-refractivity contribution in [1.29, 1.82) is 0 Å². The third-order valence-electron chi connectivity index (χ3n) is 3.10. The summed E-state index contributed by atoms with van der Waals surface area (Å²) in [6.07, 6.45) is 0. The molecule has 0 fully saturated rings. The van der Waals surface area contributed by atoms with Crippen molar-refractivity contribution in [1.82, 2.24) is 0 Å². The fourth-order valence-corrected chi connectivity index (χ4v) is 2.95. The number of carbonyl (C=O) groups excluding carboxylic acids is 1. The van der Waals surface area contributed by atoms with Gasteiger partial charge in [-0.3, -0.25) is 4.79 Å². The molecule has 0 bridgehead atoms. The van der Waals surface area contributed by atoms with Crippen molar-refractivity contribution in [3.05, 3.63) is 64.8 Å². The second kappa shape index (κ2) is 5.63. The third-order valence-corrected chi connectivity index (χ3v) is 4.21. The van der Waals surface area contributed by atoms with Crippen LogP contribution in [-0.2, 0) is 6.61 Å². The summed E-state index contributed by atoms with van der Waals surface area (Å²) in [5, 5.41) is 12.5. The van der Waals surface area contributed by atoms with E-state index in [2.05, 4.69) is 5.32 Å². The van der Waals surface area contributed by atoms with E-state index in [1.165, 1.54) is 23.5 Å². The third kappa shape index (κ3) is 2.94. The Hall–Kier alpha value is -2.24. The summed E-state index contributed by atoms with van der Waals surface area (Å²) in [4.78, 5) is 12.7. The molecular weight excluding hydrogens is 289 g/mol. The van der Waals surface area contributed by atoms with Gasteiger partial charge in [-0.2, -0.15) is 0 Å². The summed E-state index contributed by atoms with van der Waals surface area (Å²) in [7, 11) is 0. The van der Waals surface area contributed by atoms with Crippen LogP contribution in [0.1, 0.15) is 15.2 Å². The van der Waals surface area contributed by atoms with Crippen molar-refractivity contribution in [2.45, 2.75) is 6.61 Å². The molecule has 0 aliphatic heterocycles. The van der Waals surface area contributed by atoms with Crippen molar-refractivity contribution in [3.63, 3.8) is 0 Å². The summed E-state index contributed by atoms with van der Waals surface area (Å²) < 4.78 is 14.0. The van der Waals surface area contributed by atoms with Crippen LogP contribution in [0.3, 0.4) is 0 Å². The van der Waals surface area contributed by atoms with Gasteiger partial charge in [0.25, 0.3) is 5.91 Å². The molecule has 3 aromatic rings. The second-order valence-electron chi connectivity index (χ2n) is 4.60. The normalized spacial score (nSPS) is 10.8. The average Bonchev–Trinajstić information content (AvgIpc) is 2.91. The number of halogens is 1. The molecule has 21 heavy (non-hydrogen) atoms. The minimum absolute atomic E-state index is 0.0316. The number of benzene rings is 2. The molecule has 3 rings (SSSR count). The van der Waals surface area contributed by atoms with Gasteiger partial charge in [-0.15, -0.1) is 11.3 Å². The van der Waals surface area contributed by atoms with Gasteiger partial charge in [0.15, 0.2) is 0 Å². The smallest absolute Gasteiger partial charge is 0.265 e. The van der Waals surface area contributed by atoms with E-state index in [1.807, 2.05) is 0 Å². The number of carbonyl (C=O) groups is 1. The first-order valence-corrected chi connectivity index (χ1v) is 7.17. The Morgan fingerprint density at radius 1 is 1.14 bits per heavy atom. The molecule has 1 heterocycles. The maximum Gasteiger partial charge on any atom is 0.265 e. The lowest BCUT2D eigenvalue weighted by atomic mass is 10.2. The summed E-state index contributed by atoms with van der Waals surface area (Å²) in [6, 6.07) is 13.1. The maximum atomic E-state index is 13.1. The number of rotatable bonds is 3. The molecule has 3 nitrogen and oxygen atoms in total. The van der Waals surface area contributed by atoms with E-state index in [0.717, 1.165) is 15.6 Å². The molecule has 0 spiro atoms. The van der Waals surface area contributed by atoms with Gasteiger partial charge in [0.1, 0.15) is 5.82 Å². The van der Waals surface area contributed by atoms with Crippen molar-refractivity contribution in [2.75, 3.05) is 5.32 Å². The number of hydrogen-bond donors (Lipinski definition) is 2. The van der Waals surface area contributed by atoms with Crippen LogP contribution >= 0.6 is 11.3 Å². The highest BCUT2D eigenvalue weighted by Gasteiger charge is 2.11. The fraction of sp³-hybridized carbons (Fsp3) is 0.0625. The number of aliphatic hydroxyl groups excluding tert-OH is 1. The van der Waals surface area contributed by atoms with Crippen molar-refractivity contribution >= 4 is 33.0 Å². The Kier molecular flexibility index (Phi) is 3.68. The first-order chi connectivity index (χ1) is 10.2. The van der Waals surface area contributed by atoms with Crippen LogP contribution in [-0.4, -0.2) is 11.0 Å². The minimum Gasteiger partial charge on any atom is -0.392 e. The average molecular weight is 301 g/mol. The zero-order valence-electron chi connectivity index (χ0n) is 11.0. The van der Waals surface area contributed by atoms with Gasteiger partial charge in [0.2, 0.25) is 0 Å². The summed E-state index contributed by atoms with van der Waals surface area (Å²) in [5.41, 5.74) is 1.44. The molecule has 0 saturated heterocycles. The first kappa shape index (κ1) is 13.7. The van der Waals surface area contributed by atoms with Gasteiger partial charge in [0, 0.05) is 10.4 Å². The molecule has 2 aromatic carbocycles. The van der Waals surface area contributed by atoms with Crippen molar-refractivity contribution in [2.24, 2.45) is 0 Å². The molecule has 0 unspecified atom stereocenters. The second-order valence-corrected chi connectivity index (χ2v) is 5.69. The lowest BCUT2D eigenvalue weighted by Gasteiger charge is -2.04. The standard InChI is InChI=1S/C16H12FNO2S/c17-12-3-6-14-11(7-12)8-15(21-14)16(20)18-13-4-1-10(9-19)2-5-13/h1-8,19H,9H2,(H,18,20). The Bertz CT molecular complexity index is 796. The van der Waals surface area contributed by atoms with Crippen LogP contribution in [0, 0.1) is 5.82 Å². The highest BCUT2D eigenvalue weighted by Crippen LogP contribution is 2.27. The van der Waals surface area contributed by atoms with Gasteiger partial charge in [-0.1, -0.05) is 12.1 Å². The van der Waals surface area contributed by atoms with E-state index >= 15 is 0 Å². The van der Waals surface area contributed by atoms with Crippen LogP contribution in [0.2, 0.25) is 0 Å². The minimum atomic E-state index is -0.313. The molecule has 0 radical (unpaired) electrons. The van der Waals surface area contributed by atoms with Crippen molar-refractivity contribution in [3.8, 4) is 0 Å². The molecule has 0 aliphatic rings. The van der Waals surface area contributed by atoms with E-state index in [0.29, 0.717) is 10.6 Å². The zero-order chi connectivity index (χ0) is 14.8. The summed E-state index contributed by atoms with van der Waals surface area (Å²) in [6.45, 7) is -0.0316. The Morgan fingerprint density at radius 3 is 2.62 bits per heavy atom. The number of anilines is 1. The molecule has 0 aliphatic carbocycles. The van der Waals surface area contributed by atoms with Gasteiger partial charge in [-0.25, -0.2) is 4.39 Å². The molecular formula is C16H12FNO2S. The summed E-state index contributed by atoms with van der Waals surface area (Å²) in [5.74, 6) is -0.541. The molecule has 106 valence electrons. The van der Waals surface area contributed by atoms with E-state index in [-0.39, 0.29) is 18.3 Å². The first-order valence-electron chi connectivity index (χ1n) is 6.36. The number of thiophene rings is 1. The molecule has 1 aromatic heterocycles. The van der Waals surface area contributed by atoms with Crippen LogP contribution in [0.5, 0.6) is 0 Å². The SMILES string of the molecule is O=C(Nc1ccc(CO)cc1)c1cc2cc(F)ccc2s1.